The molecule has 0 radical (unpaired) electrons. The van der Waals surface area contributed by atoms with Crippen molar-refractivity contribution in [3.63, 3.8) is 0 Å². The lowest BCUT2D eigenvalue weighted by atomic mass is 9.80. The van der Waals surface area contributed by atoms with Gasteiger partial charge in [-0.2, -0.15) is 10.5 Å². The topological polar surface area (TPSA) is 50.8 Å². The summed E-state index contributed by atoms with van der Waals surface area (Å²) in [5.74, 6) is 0.406. The van der Waals surface area contributed by atoms with Crippen LogP contribution in [-0.4, -0.2) is 12.6 Å². The quantitative estimate of drug-likeness (QED) is 0.718. The smallest absolute Gasteiger partial charge is 0.130 e. The number of halogens is 1. The van der Waals surface area contributed by atoms with Crippen LogP contribution in [0.4, 0.5) is 5.69 Å². The molecule has 0 spiro atoms. The maximum Gasteiger partial charge on any atom is 0.130 e. The van der Waals surface area contributed by atoms with Gasteiger partial charge in [-0.15, -0.1) is 0 Å². The van der Waals surface area contributed by atoms with Crippen LogP contribution in [0, 0.1) is 22.7 Å². The van der Waals surface area contributed by atoms with Gasteiger partial charge in [-0.1, -0.05) is 18.5 Å². The lowest BCUT2D eigenvalue weighted by Crippen LogP contribution is -2.45. The third-order valence-electron chi connectivity index (χ3n) is 4.29. The maximum absolute atomic E-state index is 8.89. The Hall–Kier alpha value is -1.97. The predicted molar refractivity (Wildman–Crippen MR) is 86.2 cm³/mol. The Bertz CT molecular complexity index is 673. The first-order chi connectivity index (χ1) is 9.80. The van der Waals surface area contributed by atoms with Crippen LogP contribution in [0.5, 0.6) is 0 Å². The van der Waals surface area contributed by atoms with Gasteiger partial charge in [0.2, 0.25) is 0 Å². The zero-order valence-corrected chi connectivity index (χ0v) is 13.5. The van der Waals surface area contributed by atoms with E-state index in [0.29, 0.717) is 10.9 Å². The van der Waals surface area contributed by atoms with Crippen molar-refractivity contribution in [1.29, 1.82) is 10.5 Å². The Kier molecular flexibility index (Phi) is 3.99. The van der Waals surface area contributed by atoms with Crippen LogP contribution in [-0.2, 0) is 0 Å². The fourth-order valence-corrected chi connectivity index (χ4v) is 3.17. The molecule has 2 rings (SSSR count). The molecule has 21 heavy (non-hydrogen) atoms. The zero-order valence-electron chi connectivity index (χ0n) is 12.7. The Morgan fingerprint density at radius 3 is 2.57 bits per heavy atom. The van der Waals surface area contributed by atoms with Crippen LogP contribution in [0.2, 0.25) is 5.02 Å². The largest absolute Gasteiger partial charge is 0.369 e. The highest BCUT2D eigenvalue weighted by Gasteiger charge is 2.34. The molecule has 0 unspecified atom stereocenters. The van der Waals surface area contributed by atoms with Gasteiger partial charge in [0.05, 0.1) is 0 Å². The molecule has 1 atom stereocenters. The van der Waals surface area contributed by atoms with Gasteiger partial charge in [0.15, 0.2) is 0 Å². The summed E-state index contributed by atoms with van der Waals surface area (Å²) in [7, 11) is 2.08. The minimum Gasteiger partial charge on any atom is -0.369 e. The van der Waals surface area contributed by atoms with Crippen molar-refractivity contribution in [2.24, 2.45) is 0 Å². The Morgan fingerprint density at radius 2 is 2.00 bits per heavy atom. The second-order valence-electron chi connectivity index (χ2n) is 6.19. The molecule has 1 aliphatic rings. The first kappa shape index (κ1) is 15.4. The van der Waals surface area contributed by atoms with Crippen molar-refractivity contribution in [2.75, 3.05) is 11.9 Å². The molecule has 1 heterocycles. The summed E-state index contributed by atoms with van der Waals surface area (Å²) in [5, 5.41) is 18.3. The van der Waals surface area contributed by atoms with Crippen LogP contribution in [0.3, 0.4) is 0 Å². The standard InChI is InChI=1S/C17H18ClN3/c1-11-8-17(2,3)21(4)16-7-15(18)13(6-14(11)16)5-12(9-19)10-20/h5-7,11H,8H2,1-4H3/t11-/m1/s1. The Morgan fingerprint density at radius 1 is 1.38 bits per heavy atom. The minimum atomic E-state index is 0.0639. The highest BCUT2D eigenvalue weighted by Crippen LogP contribution is 2.44. The monoisotopic (exact) mass is 299 g/mol. The highest BCUT2D eigenvalue weighted by molar-refractivity contribution is 6.32. The fraction of sp³-hybridized carbons (Fsp3) is 0.412. The summed E-state index contributed by atoms with van der Waals surface area (Å²) < 4.78 is 0. The summed E-state index contributed by atoms with van der Waals surface area (Å²) in [4.78, 5) is 2.25. The van der Waals surface area contributed by atoms with E-state index in [9.17, 15) is 0 Å². The summed E-state index contributed by atoms with van der Waals surface area (Å²) in [6.07, 6.45) is 2.60. The van der Waals surface area contributed by atoms with E-state index in [4.69, 9.17) is 22.1 Å². The Balaban J connectivity index is 2.60. The van der Waals surface area contributed by atoms with E-state index >= 15 is 0 Å². The van der Waals surface area contributed by atoms with Crippen molar-refractivity contribution in [1.82, 2.24) is 0 Å². The molecule has 1 aromatic carbocycles. The average molecular weight is 300 g/mol. The number of hydrogen-bond acceptors (Lipinski definition) is 3. The van der Waals surface area contributed by atoms with Gasteiger partial charge < -0.3 is 4.90 Å². The van der Waals surface area contributed by atoms with Crippen molar-refractivity contribution < 1.29 is 0 Å². The van der Waals surface area contributed by atoms with E-state index < -0.39 is 0 Å². The average Bonchev–Trinajstić information content (AvgIpc) is 2.43. The van der Waals surface area contributed by atoms with Gasteiger partial charge in [-0.25, -0.2) is 0 Å². The molecule has 0 saturated heterocycles. The first-order valence-corrected chi connectivity index (χ1v) is 7.27. The lowest BCUT2D eigenvalue weighted by molar-refractivity contribution is 0.395. The van der Waals surface area contributed by atoms with E-state index in [1.54, 1.807) is 6.08 Å². The molecule has 0 saturated carbocycles. The van der Waals surface area contributed by atoms with Gasteiger partial charge in [0.1, 0.15) is 17.7 Å². The van der Waals surface area contributed by atoms with E-state index in [-0.39, 0.29) is 11.1 Å². The molecular formula is C17H18ClN3. The second kappa shape index (κ2) is 5.43. The number of anilines is 1. The van der Waals surface area contributed by atoms with Crippen LogP contribution < -0.4 is 4.90 Å². The number of fused-ring (bicyclic) bond motifs is 1. The van der Waals surface area contributed by atoms with Gasteiger partial charge in [-0.3, -0.25) is 0 Å². The van der Waals surface area contributed by atoms with Crippen LogP contribution >= 0.6 is 11.6 Å². The number of rotatable bonds is 1. The molecule has 108 valence electrons. The number of benzene rings is 1. The molecule has 0 aromatic heterocycles. The summed E-state index contributed by atoms with van der Waals surface area (Å²) in [6, 6.07) is 7.68. The van der Waals surface area contributed by atoms with E-state index in [1.807, 2.05) is 24.3 Å². The van der Waals surface area contributed by atoms with Crippen LogP contribution in [0.25, 0.3) is 6.08 Å². The van der Waals surface area contributed by atoms with Crippen molar-refractivity contribution in [3.8, 4) is 12.1 Å². The Labute approximate surface area is 131 Å². The van der Waals surface area contributed by atoms with Gasteiger partial charge in [0, 0.05) is 23.3 Å². The van der Waals surface area contributed by atoms with Gasteiger partial charge in [0.25, 0.3) is 0 Å². The molecule has 0 fully saturated rings. The third kappa shape index (κ3) is 2.75. The van der Waals surface area contributed by atoms with Crippen LogP contribution in [0.1, 0.15) is 44.2 Å². The highest BCUT2D eigenvalue weighted by atomic mass is 35.5. The fourth-order valence-electron chi connectivity index (χ4n) is 2.96. The van der Waals surface area contributed by atoms with Crippen molar-refractivity contribution >= 4 is 23.4 Å². The molecule has 1 aliphatic heterocycles. The molecule has 0 N–H and O–H groups in total. The second-order valence-corrected chi connectivity index (χ2v) is 6.60. The zero-order chi connectivity index (χ0) is 15.8. The number of allylic oxidation sites excluding steroid dienone is 1. The molecule has 0 bridgehead atoms. The lowest BCUT2D eigenvalue weighted by Gasteiger charge is -2.45. The third-order valence-corrected chi connectivity index (χ3v) is 4.62. The normalized spacial score (nSPS) is 19.2. The molecule has 4 heteroatoms. The number of nitrogens with zero attached hydrogens (tertiary/aromatic N) is 3. The van der Waals surface area contributed by atoms with Gasteiger partial charge in [-0.05, 0) is 55.5 Å². The summed E-state index contributed by atoms with van der Waals surface area (Å²) in [5.41, 5.74) is 3.21. The summed E-state index contributed by atoms with van der Waals surface area (Å²) in [6.45, 7) is 6.64. The van der Waals surface area contributed by atoms with E-state index in [2.05, 4.69) is 32.7 Å². The number of nitriles is 2. The van der Waals surface area contributed by atoms with E-state index in [0.717, 1.165) is 17.7 Å². The molecule has 3 nitrogen and oxygen atoms in total. The molecule has 0 amide bonds. The van der Waals surface area contributed by atoms with E-state index in [1.165, 1.54) is 5.56 Å². The van der Waals surface area contributed by atoms with Crippen molar-refractivity contribution in [3.05, 3.63) is 33.9 Å². The molecule has 1 aromatic rings. The first-order valence-electron chi connectivity index (χ1n) is 6.89. The maximum atomic E-state index is 8.89. The summed E-state index contributed by atoms with van der Waals surface area (Å²) >= 11 is 6.34. The van der Waals surface area contributed by atoms with Crippen LogP contribution in [0.15, 0.2) is 17.7 Å². The minimum absolute atomic E-state index is 0.0639. The SMILES string of the molecule is C[C@@H]1CC(C)(C)N(C)c2cc(Cl)c(C=C(C#N)C#N)cc21. The molecular weight excluding hydrogens is 282 g/mol. The van der Waals surface area contributed by atoms with Gasteiger partial charge >= 0.3 is 0 Å². The predicted octanol–water partition coefficient (Wildman–Crippen LogP) is 4.49. The molecule has 0 aliphatic carbocycles. The van der Waals surface area contributed by atoms with Crippen molar-refractivity contribution in [2.45, 2.75) is 38.6 Å². The number of hydrogen-bond donors (Lipinski definition) is 0.